The van der Waals surface area contributed by atoms with Crippen LogP contribution in [0, 0.1) is 6.92 Å². The highest BCUT2D eigenvalue weighted by Gasteiger charge is 2.21. The van der Waals surface area contributed by atoms with Crippen molar-refractivity contribution in [1.82, 2.24) is 19.6 Å². The molecule has 0 saturated carbocycles. The van der Waals surface area contributed by atoms with Gasteiger partial charge in [0.15, 0.2) is 6.61 Å². The summed E-state index contributed by atoms with van der Waals surface area (Å²) in [6.45, 7) is 3.47. The number of ether oxygens (including phenoxy) is 1. The molecule has 36 heavy (non-hydrogen) atoms. The molecule has 0 fully saturated rings. The molecule has 0 saturated heterocycles. The number of nitrogens with one attached hydrogen (secondary N) is 1. The molecule has 8 heteroatoms. The van der Waals surface area contributed by atoms with Gasteiger partial charge in [-0.2, -0.15) is 0 Å². The first-order valence-corrected chi connectivity index (χ1v) is 12.0. The number of fused-ring (bicyclic) bond motifs is 2. The second kappa shape index (κ2) is 10.1. The fourth-order valence-electron chi connectivity index (χ4n) is 4.55. The zero-order chi connectivity index (χ0) is 25.1. The van der Waals surface area contributed by atoms with Crippen LogP contribution in [0.15, 0.2) is 66.9 Å². The Balaban J connectivity index is 1.17. The highest BCUT2D eigenvalue weighted by atomic mass is 16.5. The Morgan fingerprint density at radius 2 is 1.92 bits per heavy atom. The van der Waals surface area contributed by atoms with E-state index in [1.165, 1.54) is 17.7 Å². The van der Waals surface area contributed by atoms with Crippen LogP contribution in [0.5, 0.6) is 11.5 Å². The van der Waals surface area contributed by atoms with Gasteiger partial charge in [-0.3, -0.25) is 14.0 Å². The summed E-state index contributed by atoms with van der Waals surface area (Å²) in [5, 5.41) is 12.4. The summed E-state index contributed by atoms with van der Waals surface area (Å²) in [6, 6.07) is 18.3. The molecule has 1 aliphatic heterocycles. The molecule has 0 bridgehead atoms. The van der Waals surface area contributed by atoms with Gasteiger partial charge in [-0.25, -0.2) is 4.98 Å². The molecule has 2 amide bonds. The summed E-state index contributed by atoms with van der Waals surface area (Å²) in [6.07, 6.45) is 2.82. The summed E-state index contributed by atoms with van der Waals surface area (Å²) in [7, 11) is 0. The quantitative estimate of drug-likeness (QED) is 0.420. The van der Waals surface area contributed by atoms with E-state index in [1.807, 2.05) is 41.7 Å². The van der Waals surface area contributed by atoms with Crippen molar-refractivity contribution < 1.29 is 19.4 Å². The number of aromatic nitrogens is 2. The topological polar surface area (TPSA) is 96.2 Å². The molecule has 8 nitrogen and oxygen atoms in total. The Morgan fingerprint density at radius 3 is 2.75 bits per heavy atom. The maximum atomic E-state index is 12.7. The van der Waals surface area contributed by atoms with Crippen LogP contribution in [0.25, 0.3) is 5.65 Å². The standard InChI is InChI=1S/C28H28N4O4/c1-19-3-2-4-26-29-15-23(32(19)26)16-30-27(34)14-20-5-6-21-11-12-31(17-22(21)13-20)28(35)18-36-25-9-7-24(33)8-10-25/h2-10,13,15,33H,11-12,14,16-18H2,1H3,(H,30,34). The molecule has 0 atom stereocenters. The normalized spacial score (nSPS) is 12.9. The molecule has 4 aromatic rings. The van der Waals surface area contributed by atoms with E-state index in [4.69, 9.17) is 4.74 Å². The molecule has 3 heterocycles. The Hall–Kier alpha value is -4.33. The van der Waals surface area contributed by atoms with Crippen LogP contribution < -0.4 is 10.1 Å². The van der Waals surface area contributed by atoms with E-state index in [0.717, 1.165) is 34.6 Å². The number of nitrogens with zero attached hydrogens (tertiary/aromatic N) is 3. The number of benzene rings is 2. The minimum Gasteiger partial charge on any atom is -0.508 e. The maximum absolute atomic E-state index is 12.7. The van der Waals surface area contributed by atoms with Crippen molar-refractivity contribution in [1.29, 1.82) is 0 Å². The van der Waals surface area contributed by atoms with Crippen molar-refractivity contribution in [2.45, 2.75) is 32.9 Å². The average molecular weight is 485 g/mol. The maximum Gasteiger partial charge on any atom is 0.260 e. The van der Waals surface area contributed by atoms with Gasteiger partial charge >= 0.3 is 0 Å². The van der Waals surface area contributed by atoms with Crippen LogP contribution >= 0.6 is 0 Å². The van der Waals surface area contributed by atoms with Crippen molar-refractivity contribution in [3.63, 3.8) is 0 Å². The van der Waals surface area contributed by atoms with Crippen molar-refractivity contribution >= 4 is 17.5 Å². The highest BCUT2D eigenvalue weighted by Crippen LogP contribution is 2.22. The number of phenolic OH excluding ortho intramolecular Hbond substituents is 1. The van der Waals surface area contributed by atoms with Crippen LogP contribution in [0.1, 0.15) is 28.1 Å². The van der Waals surface area contributed by atoms with Crippen LogP contribution in [-0.4, -0.2) is 44.4 Å². The predicted molar refractivity (Wildman–Crippen MR) is 135 cm³/mol. The first-order chi connectivity index (χ1) is 17.5. The van der Waals surface area contributed by atoms with Gasteiger partial charge in [0.25, 0.3) is 5.91 Å². The molecular weight excluding hydrogens is 456 g/mol. The number of carbonyl (C=O) groups is 2. The van der Waals surface area contributed by atoms with E-state index in [9.17, 15) is 14.7 Å². The first-order valence-electron chi connectivity index (χ1n) is 12.0. The van der Waals surface area contributed by atoms with E-state index < -0.39 is 0 Å². The predicted octanol–water partition coefficient (Wildman–Crippen LogP) is 3.17. The SMILES string of the molecule is Cc1cccc2ncc(CNC(=O)Cc3ccc4c(c3)CN(C(=O)COc3ccc(O)cc3)CC4)n12. The number of rotatable bonds is 7. The lowest BCUT2D eigenvalue weighted by molar-refractivity contribution is -0.134. The third-order valence-electron chi connectivity index (χ3n) is 6.46. The number of hydrogen-bond acceptors (Lipinski definition) is 5. The summed E-state index contributed by atoms with van der Waals surface area (Å²) in [4.78, 5) is 31.6. The molecular formula is C28H28N4O4. The Labute approximate surface area is 209 Å². The van der Waals surface area contributed by atoms with Gasteiger partial charge in [0.05, 0.1) is 24.9 Å². The molecule has 0 spiro atoms. The lowest BCUT2D eigenvalue weighted by atomic mass is 9.96. The zero-order valence-electron chi connectivity index (χ0n) is 20.1. The molecule has 2 aromatic heterocycles. The second-order valence-corrected chi connectivity index (χ2v) is 9.01. The number of carbonyl (C=O) groups excluding carboxylic acids is 2. The molecule has 2 aromatic carbocycles. The van der Waals surface area contributed by atoms with Gasteiger partial charge in [0.1, 0.15) is 17.1 Å². The fourth-order valence-corrected chi connectivity index (χ4v) is 4.55. The fraction of sp³-hybridized carbons (Fsp3) is 0.250. The largest absolute Gasteiger partial charge is 0.508 e. The Bertz CT molecular complexity index is 1410. The minimum atomic E-state index is -0.0970. The number of aryl methyl sites for hydroxylation is 1. The van der Waals surface area contributed by atoms with Crippen molar-refractivity contribution in [3.8, 4) is 11.5 Å². The van der Waals surface area contributed by atoms with Crippen molar-refractivity contribution in [2.75, 3.05) is 13.2 Å². The number of phenols is 1. The molecule has 1 aliphatic rings. The number of amides is 2. The van der Waals surface area contributed by atoms with E-state index >= 15 is 0 Å². The van der Waals surface area contributed by atoms with Gasteiger partial charge in [-0.1, -0.05) is 24.3 Å². The van der Waals surface area contributed by atoms with Crippen LogP contribution in [0.2, 0.25) is 0 Å². The summed E-state index contributed by atoms with van der Waals surface area (Å²) in [5.41, 5.74) is 6.03. The summed E-state index contributed by atoms with van der Waals surface area (Å²) < 4.78 is 7.61. The van der Waals surface area contributed by atoms with E-state index in [-0.39, 0.29) is 30.6 Å². The Kier molecular flexibility index (Phi) is 6.58. The zero-order valence-corrected chi connectivity index (χ0v) is 20.1. The average Bonchev–Trinajstić information content (AvgIpc) is 3.31. The van der Waals surface area contributed by atoms with Crippen LogP contribution in [0.3, 0.4) is 0 Å². The molecule has 0 radical (unpaired) electrons. The monoisotopic (exact) mass is 484 g/mol. The number of hydrogen-bond donors (Lipinski definition) is 2. The lowest BCUT2D eigenvalue weighted by Gasteiger charge is -2.29. The second-order valence-electron chi connectivity index (χ2n) is 9.01. The van der Waals surface area contributed by atoms with E-state index in [1.54, 1.807) is 23.2 Å². The lowest BCUT2D eigenvalue weighted by Crippen LogP contribution is -2.38. The smallest absolute Gasteiger partial charge is 0.260 e. The van der Waals surface area contributed by atoms with Crippen LogP contribution in [0.4, 0.5) is 0 Å². The van der Waals surface area contributed by atoms with E-state index in [2.05, 4.69) is 16.4 Å². The molecule has 0 unspecified atom stereocenters. The van der Waals surface area contributed by atoms with Crippen molar-refractivity contribution in [3.05, 3.63) is 94.9 Å². The summed E-state index contributed by atoms with van der Waals surface area (Å²) >= 11 is 0. The number of aromatic hydroxyl groups is 1. The number of imidazole rings is 1. The number of pyridine rings is 1. The van der Waals surface area contributed by atoms with Gasteiger partial charge in [-0.15, -0.1) is 0 Å². The van der Waals surface area contributed by atoms with Crippen LogP contribution in [-0.2, 0) is 35.5 Å². The van der Waals surface area contributed by atoms with Gasteiger partial charge in [-0.05, 0) is 66.4 Å². The highest BCUT2D eigenvalue weighted by molar-refractivity contribution is 5.79. The summed E-state index contributed by atoms with van der Waals surface area (Å²) in [5.74, 6) is 0.520. The van der Waals surface area contributed by atoms with Gasteiger partial charge in [0.2, 0.25) is 5.91 Å². The van der Waals surface area contributed by atoms with Crippen molar-refractivity contribution in [2.24, 2.45) is 0 Å². The minimum absolute atomic E-state index is 0.0645. The molecule has 0 aliphatic carbocycles. The van der Waals surface area contributed by atoms with E-state index in [0.29, 0.717) is 25.4 Å². The molecule has 184 valence electrons. The Morgan fingerprint density at radius 1 is 1.08 bits per heavy atom. The van der Waals surface area contributed by atoms with Gasteiger partial charge in [0, 0.05) is 18.8 Å². The van der Waals surface area contributed by atoms with Gasteiger partial charge < -0.3 is 20.1 Å². The third kappa shape index (κ3) is 5.17. The molecule has 5 rings (SSSR count). The molecule has 2 N–H and O–H groups in total. The first kappa shape index (κ1) is 23.4. The third-order valence-corrected chi connectivity index (χ3v) is 6.46.